The molecule has 1 aliphatic heterocycles. The highest BCUT2D eigenvalue weighted by atomic mass is 16.8. The Balaban J connectivity index is 2.08. The highest BCUT2D eigenvalue weighted by Gasteiger charge is 2.40. The first kappa shape index (κ1) is 16.5. The number of hydrogen-bond acceptors (Lipinski definition) is 6. The number of carbonyl (C=O) groups is 2. The molecule has 6 nitrogen and oxygen atoms in total. The molecule has 1 fully saturated rings. The lowest BCUT2D eigenvalue weighted by molar-refractivity contribution is -0.159. The maximum Gasteiger partial charge on any atom is 0.338 e. The van der Waals surface area contributed by atoms with Gasteiger partial charge in [0.1, 0.15) is 12.2 Å². The molecule has 2 atom stereocenters. The van der Waals surface area contributed by atoms with Gasteiger partial charge in [-0.15, -0.1) is 0 Å². The molecular formula is C16H20O6. The Bertz CT molecular complexity index is 525. The highest BCUT2D eigenvalue weighted by molar-refractivity contribution is 5.89. The molecule has 0 bridgehead atoms. The summed E-state index contributed by atoms with van der Waals surface area (Å²) in [6.07, 6.45) is -1.36. The Morgan fingerprint density at radius 3 is 2.55 bits per heavy atom. The standard InChI is InChI=1S/C16H20O6/c1-16(2)20-10-13(22-16)12(9-14(17)19-3)21-15(18)11-7-5-4-6-8-11/h4-8,12-13H,9-10H2,1-3H3/t12-,13-/m1/s1. The van der Waals surface area contributed by atoms with Crippen LogP contribution >= 0.6 is 0 Å². The molecule has 120 valence electrons. The Morgan fingerprint density at radius 1 is 1.32 bits per heavy atom. The molecule has 1 saturated heterocycles. The van der Waals surface area contributed by atoms with Gasteiger partial charge in [0.15, 0.2) is 5.79 Å². The summed E-state index contributed by atoms with van der Waals surface area (Å²) in [6.45, 7) is 3.78. The third-order valence-electron chi connectivity index (χ3n) is 3.31. The molecule has 0 aromatic heterocycles. The summed E-state index contributed by atoms with van der Waals surface area (Å²) in [5.41, 5.74) is 0.413. The van der Waals surface area contributed by atoms with E-state index in [9.17, 15) is 9.59 Å². The Labute approximate surface area is 129 Å². The van der Waals surface area contributed by atoms with E-state index in [-0.39, 0.29) is 13.0 Å². The van der Waals surface area contributed by atoms with Gasteiger partial charge in [0.25, 0.3) is 0 Å². The topological polar surface area (TPSA) is 71.1 Å². The van der Waals surface area contributed by atoms with Crippen molar-refractivity contribution < 1.29 is 28.5 Å². The summed E-state index contributed by atoms with van der Waals surface area (Å²) < 4.78 is 21.3. The van der Waals surface area contributed by atoms with E-state index in [4.69, 9.17) is 14.2 Å². The van der Waals surface area contributed by atoms with E-state index in [0.717, 1.165) is 0 Å². The molecule has 0 unspecified atom stereocenters. The van der Waals surface area contributed by atoms with Crippen molar-refractivity contribution >= 4 is 11.9 Å². The van der Waals surface area contributed by atoms with Crippen LogP contribution in [0.25, 0.3) is 0 Å². The lowest BCUT2D eigenvalue weighted by Crippen LogP contribution is -2.36. The zero-order valence-corrected chi connectivity index (χ0v) is 12.9. The highest BCUT2D eigenvalue weighted by Crippen LogP contribution is 2.27. The van der Waals surface area contributed by atoms with Crippen molar-refractivity contribution in [1.82, 2.24) is 0 Å². The molecule has 0 amide bonds. The minimum atomic E-state index is -0.766. The van der Waals surface area contributed by atoms with Crippen LogP contribution in [0.4, 0.5) is 0 Å². The number of rotatable bonds is 5. The van der Waals surface area contributed by atoms with Gasteiger partial charge in [-0.05, 0) is 26.0 Å². The monoisotopic (exact) mass is 308 g/mol. The van der Waals surface area contributed by atoms with Crippen molar-refractivity contribution in [3.8, 4) is 0 Å². The summed E-state index contributed by atoms with van der Waals surface area (Å²) in [4.78, 5) is 23.7. The van der Waals surface area contributed by atoms with Crippen LogP contribution in [-0.4, -0.2) is 43.7 Å². The molecule has 2 rings (SSSR count). The number of methoxy groups -OCH3 is 1. The van der Waals surface area contributed by atoms with Crippen molar-refractivity contribution in [2.24, 2.45) is 0 Å². The van der Waals surface area contributed by atoms with Crippen LogP contribution in [0, 0.1) is 0 Å². The Morgan fingerprint density at radius 2 is 2.00 bits per heavy atom. The maximum atomic E-state index is 12.2. The molecule has 1 heterocycles. The predicted octanol–water partition coefficient (Wildman–Crippen LogP) is 1.93. The summed E-state index contributed by atoms with van der Waals surface area (Å²) >= 11 is 0. The first-order chi connectivity index (χ1) is 10.4. The molecule has 0 radical (unpaired) electrons. The summed E-state index contributed by atoms with van der Waals surface area (Å²) in [6, 6.07) is 8.58. The average Bonchev–Trinajstić information content (AvgIpc) is 2.87. The van der Waals surface area contributed by atoms with Crippen LogP contribution in [0.15, 0.2) is 30.3 Å². The van der Waals surface area contributed by atoms with Gasteiger partial charge in [-0.1, -0.05) is 18.2 Å². The second-order valence-electron chi connectivity index (χ2n) is 5.46. The van der Waals surface area contributed by atoms with E-state index in [1.54, 1.807) is 44.2 Å². The van der Waals surface area contributed by atoms with Crippen LogP contribution in [-0.2, 0) is 23.7 Å². The molecule has 6 heteroatoms. The summed E-state index contributed by atoms with van der Waals surface area (Å²) in [7, 11) is 1.29. The quantitative estimate of drug-likeness (QED) is 0.774. The Kier molecular flexibility index (Phi) is 5.15. The maximum absolute atomic E-state index is 12.2. The van der Waals surface area contributed by atoms with E-state index in [1.807, 2.05) is 0 Å². The van der Waals surface area contributed by atoms with E-state index in [2.05, 4.69) is 4.74 Å². The van der Waals surface area contributed by atoms with Crippen molar-refractivity contribution in [2.75, 3.05) is 13.7 Å². The van der Waals surface area contributed by atoms with E-state index < -0.39 is 29.9 Å². The van der Waals surface area contributed by atoms with Gasteiger partial charge in [0, 0.05) is 0 Å². The van der Waals surface area contributed by atoms with Crippen LogP contribution in [0.5, 0.6) is 0 Å². The molecule has 1 aromatic carbocycles. The molecule has 1 aromatic rings. The lowest BCUT2D eigenvalue weighted by atomic mass is 10.1. The fraction of sp³-hybridized carbons (Fsp3) is 0.500. The van der Waals surface area contributed by atoms with Gasteiger partial charge >= 0.3 is 11.9 Å². The van der Waals surface area contributed by atoms with E-state index in [1.165, 1.54) is 7.11 Å². The van der Waals surface area contributed by atoms with E-state index >= 15 is 0 Å². The predicted molar refractivity (Wildman–Crippen MR) is 77.2 cm³/mol. The number of carbonyl (C=O) groups excluding carboxylic acids is 2. The SMILES string of the molecule is COC(=O)C[C@@H](OC(=O)c1ccccc1)[C@H]1COC(C)(C)O1. The van der Waals surface area contributed by atoms with Crippen LogP contribution in [0.3, 0.4) is 0 Å². The lowest BCUT2D eigenvalue weighted by Gasteiger charge is -2.23. The normalized spacial score (nSPS) is 21.1. The average molecular weight is 308 g/mol. The van der Waals surface area contributed by atoms with Gasteiger partial charge in [0.05, 0.1) is 25.7 Å². The van der Waals surface area contributed by atoms with Crippen molar-refractivity contribution in [3.63, 3.8) is 0 Å². The fourth-order valence-electron chi connectivity index (χ4n) is 2.17. The number of esters is 2. The van der Waals surface area contributed by atoms with Gasteiger partial charge < -0.3 is 18.9 Å². The summed E-state index contributed by atoms with van der Waals surface area (Å²) in [5.74, 6) is -1.75. The zero-order chi connectivity index (χ0) is 16.2. The third kappa shape index (κ3) is 4.29. The van der Waals surface area contributed by atoms with Gasteiger partial charge in [-0.25, -0.2) is 4.79 Å². The molecule has 0 aliphatic carbocycles. The number of ether oxygens (including phenoxy) is 4. The number of benzene rings is 1. The van der Waals surface area contributed by atoms with Gasteiger partial charge in [-0.3, -0.25) is 4.79 Å². The Hall–Kier alpha value is -1.92. The number of hydrogen-bond donors (Lipinski definition) is 0. The molecule has 1 aliphatic rings. The van der Waals surface area contributed by atoms with Crippen LogP contribution < -0.4 is 0 Å². The van der Waals surface area contributed by atoms with E-state index in [0.29, 0.717) is 5.56 Å². The van der Waals surface area contributed by atoms with Crippen LogP contribution in [0.1, 0.15) is 30.6 Å². The minimum Gasteiger partial charge on any atom is -0.469 e. The van der Waals surface area contributed by atoms with Gasteiger partial charge in [0.2, 0.25) is 0 Å². The molecule has 0 saturated carbocycles. The first-order valence-corrected chi connectivity index (χ1v) is 7.06. The zero-order valence-electron chi connectivity index (χ0n) is 12.9. The summed E-state index contributed by atoms with van der Waals surface area (Å²) in [5, 5.41) is 0. The second-order valence-corrected chi connectivity index (χ2v) is 5.46. The van der Waals surface area contributed by atoms with Crippen LogP contribution in [0.2, 0.25) is 0 Å². The molecule has 22 heavy (non-hydrogen) atoms. The second kappa shape index (κ2) is 6.89. The largest absolute Gasteiger partial charge is 0.469 e. The van der Waals surface area contributed by atoms with Crippen molar-refractivity contribution in [3.05, 3.63) is 35.9 Å². The smallest absolute Gasteiger partial charge is 0.338 e. The first-order valence-electron chi connectivity index (χ1n) is 7.06. The molecule has 0 spiro atoms. The molecular weight excluding hydrogens is 288 g/mol. The minimum absolute atomic E-state index is 0.0841. The fourth-order valence-corrected chi connectivity index (χ4v) is 2.17. The van der Waals surface area contributed by atoms with Crippen molar-refractivity contribution in [1.29, 1.82) is 0 Å². The van der Waals surface area contributed by atoms with Gasteiger partial charge in [-0.2, -0.15) is 0 Å². The third-order valence-corrected chi connectivity index (χ3v) is 3.31. The molecule has 0 N–H and O–H groups in total. The van der Waals surface area contributed by atoms with Crippen molar-refractivity contribution in [2.45, 2.75) is 38.3 Å².